The second-order valence-electron chi connectivity index (χ2n) is 6.65. The Morgan fingerprint density at radius 2 is 1.66 bits per heavy atom. The van der Waals surface area contributed by atoms with Crippen molar-refractivity contribution in [2.24, 2.45) is 0 Å². The first-order chi connectivity index (χ1) is 14.1. The molecule has 0 aliphatic heterocycles. The normalized spacial score (nSPS) is 10.5. The van der Waals surface area contributed by atoms with Crippen LogP contribution in [-0.2, 0) is 0 Å². The van der Waals surface area contributed by atoms with Gasteiger partial charge in [-0.05, 0) is 31.2 Å². The highest BCUT2D eigenvalue weighted by Gasteiger charge is 2.16. The highest BCUT2D eigenvalue weighted by atomic mass is 16.1. The molecule has 0 radical (unpaired) electrons. The van der Waals surface area contributed by atoms with Crippen LogP contribution < -0.4 is 11.0 Å². The number of rotatable bonds is 3. The molecule has 4 rings (SSSR count). The van der Waals surface area contributed by atoms with Gasteiger partial charge in [0.25, 0.3) is 5.56 Å². The van der Waals surface area contributed by atoms with E-state index in [1.807, 2.05) is 30.3 Å². The van der Waals surface area contributed by atoms with E-state index in [9.17, 15) is 14.9 Å². The van der Waals surface area contributed by atoms with Crippen molar-refractivity contribution in [2.45, 2.75) is 6.92 Å². The summed E-state index contributed by atoms with van der Waals surface area (Å²) in [6.07, 6.45) is 3.31. The predicted octanol–water partition coefficient (Wildman–Crippen LogP) is 4.04. The van der Waals surface area contributed by atoms with Crippen molar-refractivity contribution in [3.8, 4) is 34.1 Å². The van der Waals surface area contributed by atoms with E-state index in [0.29, 0.717) is 39.2 Å². The van der Waals surface area contributed by atoms with Crippen molar-refractivity contribution >= 4 is 0 Å². The summed E-state index contributed by atoms with van der Waals surface area (Å²) >= 11 is 0. The molecule has 0 saturated heterocycles. The van der Waals surface area contributed by atoms with E-state index in [1.165, 1.54) is 6.07 Å². The van der Waals surface area contributed by atoms with Crippen LogP contribution >= 0.6 is 0 Å². The Bertz CT molecular complexity index is 1360. The molecule has 0 unspecified atom stereocenters. The second kappa shape index (κ2) is 7.45. The number of pyridine rings is 2. The maximum atomic E-state index is 13.4. The fourth-order valence-corrected chi connectivity index (χ4v) is 3.36. The lowest BCUT2D eigenvalue weighted by Crippen LogP contribution is -2.20. The topological polar surface area (TPSA) is 78.7 Å². The van der Waals surface area contributed by atoms with Gasteiger partial charge in [-0.25, -0.2) is 0 Å². The Morgan fingerprint density at radius 3 is 2.41 bits per heavy atom. The molecule has 0 aliphatic rings. The van der Waals surface area contributed by atoms with Gasteiger partial charge in [-0.15, -0.1) is 0 Å². The number of hydrogen-bond donors (Lipinski definition) is 1. The van der Waals surface area contributed by atoms with Gasteiger partial charge in [0.15, 0.2) is 5.43 Å². The molecule has 0 aliphatic carbocycles. The number of nitrogens with zero attached hydrogens (tertiary/aromatic N) is 2. The summed E-state index contributed by atoms with van der Waals surface area (Å²) in [6, 6.07) is 21.6. The van der Waals surface area contributed by atoms with E-state index in [1.54, 1.807) is 54.2 Å². The zero-order valence-corrected chi connectivity index (χ0v) is 15.7. The Hall–Kier alpha value is -4.17. The highest BCUT2D eigenvalue weighted by Crippen LogP contribution is 2.26. The number of nitrogens with one attached hydrogen (secondary N) is 1. The van der Waals surface area contributed by atoms with Crippen LogP contribution in [0.25, 0.3) is 28.1 Å². The molecule has 2 aromatic heterocycles. The van der Waals surface area contributed by atoms with Crippen LogP contribution in [0.15, 0.2) is 88.7 Å². The number of aromatic amines is 1. The molecule has 5 heteroatoms. The molecule has 0 amide bonds. The third-order valence-corrected chi connectivity index (χ3v) is 4.88. The first kappa shape index (κ1) is 18.2. The van der Waals surface area contributed by atoms with Crippen LogP contribution in [0.4, 0.5) is 0 Å². The number of hydrogen-bond acceptors (Lipinski definition) is 3. The van der Waals surface area contributed by atoms with Crippen molar-refractivity contribution in [3.05, 3.63) is 111 Å². The van der Waals surface area contributed by atoms with Crippen molar-refractivity contribution in [2.75, 3.05) is 0 Å². The largest absolute Gasteiger partial charge is 0.361 e. The molecular weight excluding hydrogens is 362 g/mol. The molecule has 0 saturated carbocycles. The van der Waals surface area contributed by atoms with Gasteiger partial charge < -0.3 is 4.98 Å². The number of benzene rings is 2. The zero-order valence-electron chi connectivity index (χ0n) is 15.7. The van der Waals surface area contributed by atoms with Gasteiger partial charge in [-0.3, -0.25) is 14.2 Å². The Labute approximate surface area is 167 Å². The van der Waals surface area contributed by atoms with Gasteiger partial charge in [0.2, 0.25) is 0 Å². The van der Waals surface area contributed by atoms with Gasteiger partial charge in [-0.2, -0.15) is 5.26 Å². The van der Waals surface area contributed by atoms with E-state index in [4.69, 9.17) is 0 Å². The van der Waals surface area contributed by atoms with Crippen LogP contribution in [-0.4, -0.2) is 9.55 Å². The minimum absolute atomic E-state index is 0.0878. The van der Waals surface area contributed by atoms with Crippen LogP contribution in [0, 0.1) is 18.3 Å². The molecular formula is C24H17N3O2. The van der Waals surface area contributed by atoms with Crippen LogP contribution in [0.3, 0.4) is 0 Å². The van der Waals surface area contributed by atoms with Gasteiger partial charge in [-0.1, -0.05) is 36.4 Å². The van der Waals surface area contributed by atoms with Crippen LogP contribution in [0.2, 0.25) is 0 Å². The van der Waals surface area contributed by atoms with Crippen LogP contribution in [0.5, 0.6) is 0 Å². The van der Waals surface area contributed by atoms with E-state index in [-0.39, 0.29) is 11.0 Å². The van der Waals surface area contributed by atoms with Crippen molar-refractivity contribution < 1.29 is 0 Å². The highest BCUT2D eigenvalue weighted by molar-refractivity contribution is 5.75. The SMILES string of the molecule is Cc1c(-c2cc(-c3ccccc3C#N)c(=O)n(-c3ccccc3)c2)[nH]ccc1=O. The fourth-order valence-electron chi connectivity index (χ4n) is 3.36. The molecule has 2 aromatic carbocycles. The third kappa shape index (κ3) is 3.28. The summed E-state index contributed by atoms with van der Waals surface area (Å²) in [5.41, 5.74) is 3.63. The molecule has 140 valence electrons. The lowest BCUT2D eigenvalue weighted by molar-refractivity contribution is 0.992. The number of nitriles is 1. The minimum Gasteiger partial charge on any atom is -0.361 e. The Morgan fingerprint density at radius 1 is 0.931 bits per heavy atom. The summed E-state index contributed by atoms with van der Waals surface area (Å²) < 4.78 is 1.55. The zero-order chi connectivity index (χ0) is 20.4. The van der Waals surface area contributed by atoms with Gasteiger partial charge in [0, 0.05) is 46.4 Å². The molecule has 0 fully saturated rings. The summed E-state index contributed by atoms with van der Waals surface area (Å²) in [7, 11) is 0. The predicted molar refractivity (Wildman–Crippen MR) is 113 cm³/mol. The van der Waals surface area contributed by atoms with Crippen molar-refractivity contribution in [1.29, 1.82) is 5.26 Å². The molecule has 2 heterocycles. The molecule has 29 heavy (non-hydrogen) atoms. The lowest BCUT2D eigenvalue weighted by Gasteiger charge is -2.14. The summed E-state index contributed by atoms with van der Waals surface area (Å²) in [5, 5.41) is 9.52. The van der Waals surface area contributed by atoms with E-state index in [0.717, 1.165) is 0 Å². The second-order valence-corrected chi connectivity index (χ2v) is 6.65. The van der Waals surface area contributed by atoms with Crippen molar-refractivity contribution in [1.82, 2.24) is 9.55 Å². The number of H-pyrrole nitrogens is 1. The standard InChI is InChI=1S/C24H17N3O2/c1-16-22(28)11-12-26-23(16)18-13-21(20-10-6-5-7-17(20)14-25)24(29)27(15-18)19-8-3-2-4-9-19/h2-13,15H,1H3,(H,26,28). The number of para-hydroxylation sites is 1. The Kier molecular flexibility index (Phi) is 4.68. The average Bonchev–Trinajstić information content (AvgIpc) is 2.76. The first-order valence-corrected chi connectivity index (χ1v) is 9.10. The monoisotopic (exact) mass is 379 g/mol. The van der Waals surface area contributed by atoms with Crippen LogP contribution in [0.1, 0.15) is 11.1 Å². The maximum absolute atomic E-state index is 13.4. The smallest absolute Gasteiger partial charge is 0.263 e. The molecule has 0 spiro atoms. The Balaban J connectivity index is 2.09. The van der Waals surface area contributed by atoms with E-state index >= 15 is 0 Å². The summed E-state index contributed by atoms with van der Waals surface area (Å²) in [6.45, 7) is 1.75. The third-order valence-electron chi connectivity index (χ3n) is 4.88. The summed E-state index contributed by atoms with van der Waals surface area (Å²) in [5.74, 6) is 0. The molecule has 4 aromatic rings. The molecule has 0 atom stereocenters. The first-order valence-electron chi connectivity index (χ1n) is 9.10. The molecule has 1 N–H and O–H groups in total. The molecule has 0 bridgehead atoms. The maximum Gasteiger partial charge on any atom is 0.263 e. The van der Waals surface area contributed by atoms with Gasteiger partial charge in [0.05, 0.1) is 17.3 Å². The van der Waals surface area contributed by atoms with E-state index in [2.05, 4.69) is 11.1 Å². The minimum atomic E-state index is -0.237. The van der Waals surface area contributed by atoms with E-state index < -0.39 is 0 Å². The quantitative estimate of drug-likeness (QED) is 0.583. The number of aromatic nitrogens is 2. The summed E-state index contributed by atoms with van der Waals surface area (Å²) in [4.78, 5) is 28.6. The fraction of sp³-hybridized carbons (Fsp3) is 0.0417. The lowest BCUT2D eigenvalue weighted by atomic mass is 9.98. The van der Waals surface area contributed by atoms with Crippen molar-refractivity contribution in [3.63, 3.8) is 0 Å². The average molecular weight is 379 g/mol. The van der Waals surface area contributed by atoms with Gasteiger partial charge in [0.1, 0.15) is 0 Å². The van der Waals surface area contributed by atoms with Gasteiger partial charge >= 0.3 is 0 Å². The molecule has 5 nitrogen and oxygen atoms in total.